The van der Waals surface area contributed by atoms with Gasteiger partial charge in [-0.2, -0.15) is 4.31 Å². The van der Waals surface area contributed by atoms with Crippen LogP contribution in [-0.2, 0) is 21.2 Å². The molecular formula is C27H33N3O3S. The molecule has 0 radical (unpaired) electrons. The first kappa shape index (κ1) is 24.4. The van der Waals surface area contributed by atoms with Crippen LogP contribution in [0.3, 0.4) is 0 Å². The van der Waals surface area contributed by atoms with Crippen molar-refractivity contribution in [3.8, 4) is 0 Å². The van der Waals surface area contributed by atoms with Crippen LogP contribution in [0, 0.1) is 5.92 Å². The number of carbonyl (C=O) groups excluding carboxylic acids is 1. The Kier molecular flexibility index (Phi) is 7.66. The van der Waals surface area contributed by atoms with Crippen LogP contribution >= 0.6 is 0 Å². The average Bonchev–Trinajstić information content (AvgIpc) is 2.86. The van der Waals surface area contributed by atoms with E-state index in [9.17, 15) is 13.2 Å². The maximum absolute atomic E-state index is 13.2. The Morgan fingerprint density at radius 1 is 0.971 bits per heavy atom. The van der Waals surface area contributed by atoms with Crippen molar-refractivity contribution in [2.45, 2.75) is 30.2 Å². The summed E-state index contributed by atoms with van der Waals surface area (Å²) in [5, 5.41) is 5.03. The van der Waals surface area contributed by atoms with Gasteiger partial charge in [-0.15, -0.1) is 0 Å². The second-order valence-corrected chi connectivity index (χ2v) is 11.2. The predicted octanol–water partition coefficient (Wildman–Crippen LogP) is 3.53. The molecule has 34 heavy (non-hydrogen) atoms. The highest BCUT2D eigenvalue weighted by atomic mass is 32.2. The van der Waals surface area contributed by atoms with E-state index in [1.807, 2.05) is 62.6 Å². The van der Waals surface area contributed by atoms with Crippen LogP contribution in [-0.4, -0.2) is 63.3 Å². The molecule has 180 valence electrons. The number of fused-ring (bicyclic) bond motifs is 1. The molecule has 3 aromatic rings. The SMILES string of the molecule is CN(C)C(CNC(=O)C1CCN(S(=O)(=O)c2ccc3ccccc3c2)CC1)Cc1ccccc1. The molecule has 1 atom stereocenters. The monoisotopic (exact) mass is 479 g/mol. The number of carbonyl (C=O) groups is 1. The van der Waals surface area contributed by atoms with Gasteiger partial charge >= 0.3 is 0 Å². The van der Waals surface area contributed by atoms with E-state index in [1.54, 1.807) is 12.1 Å². The summed E-state index contributed by atoms with van der Waals surface area (Å²) in [7, 11) is 0.468. The number of nitrogens with one attached hydrogen (secondary N) is 1. The summed E-state index contributed by atoms with van der Waals surface area (Å²) in [4.78, 5) is 15.3. The lowest BCUT2D eigenvalue weighted by molar-refractivity contribution is -0.126. The zero-order valence-electron chi connectivity index (χ0n) is 19.9. The van der Waals surface area contributed by atoms with E-state index in [1.165, 1.54) is 9.87 Å². The van der Waals surface area contributed by atoms with Gasteiger partial charge in [-0.25, -0.2) is 8.42 Å². The number of rotatable bonds is 8. The van der Waals surface area contributed by atoms with E-state index < -0.39 is 10.0 Å². The molecule has 1 aliphatic rings. The van der Waals surface area contributed by atoms with Crippen LogP contribution in [0.15, 0.2) is 77.7 Å². The first-order chi connectivity index (χ1) is 16.3. The van der Waals surface area contributed by atoms with Crippen molar-refractivity contribution in [3.05, 3.63) is 78.4 Å². The molecule has 1 amide bonds. The number of piperidine rings is 1. The highest BCUT2D eigenvalue weighted by molar-refractivity contribution is 7.89. The van der Waals surface area contributed by atoms with Gasteiger partial charge in [-0.05, 0) is 61.8 Å². The molecule has 1 aliphatic heterocycles. The Morgan fingerprint density at radius 2 is 1.62 bits per heavy atom. The second-order valence-electron chi connectivity index (χ2n) is 9.24. The van der Waals surface area contributed by atoms with E-state index in [2.05, 4.69) is 22.3 Å². The van der Waals surface area contributed by atoms with Crippen molar-refractivity contribution >= 4 is 26.7 Å². The lowest BCUT2D eigenvalue weighted by Gasteiger charge is -2.31. The van der Waals surface area contributed by atoms with E-state index in [0.717, 1.165) is 17.2 Å². The molecule has 1 fully saturated rings. The summed E-state index contributed by atoms with van der Waals surface area (Å²) in [6, 6.07) is 23.4. The Labute approximate surface area is 202 Å². The molecule has 1 heterocycles. The molecule has 7 heteroatoms. The molecule has 4 rings (SSSR count). The van der Waals surface area contributed by atoms with Crippen LogP contribution in [0.1, 0.15) is 18.4 Å². The van der Waals surface area contributed by atoms with Gasteiger partial charge in [0.2, 0.25) is 15.9 Å². The molecule has 0 bridgehead atoms. The number of hydrogen-bond acceptors (Lipinski definition) is 4. The average molecular weight is 480 g/mol. The van der Waals surface area contributed by atoms with E-state index in [0.29, 0.717) is 37.4 Å². The van der Waals surface area contributed by atoms with Crippen molar-refractivity contribution in [1.29, 1.82) is 0 Å². The number of sulfonamides is 1. The largest absolute Gasteiger partial charge is 0.354 e. The Morgan fingerprint density at radius 3 is 2.29 bits per heavy atom. The summed E-state index contributed by atoms with van der Waals surface area (Å²) in [6.07, 6.45) is 1.92. The number of benzene rings is 3. The van der Waals surface area contributed by atoms with Crippen molar-refractivity contribution in [3.63, 3.8) is 0 Å². The molecule has 0 saturated carbocycles. The standard InChI is InChI=1S/C27H33N3O3S/c1-29(2)25(18-21-8-4-3-5-9-21)20-28-27(31)23-14-16-30(17-15-23)34(32,33)26-13-12-22-10-6-7-11-24(22)19-26/h3-13,19,23,25H,14-18,20H2,1-2H3,(H,28,31). The first-order valence-corrected chi connectivity index (χ1v) is 13.3. The number of likely N-dealkylation sites (N-methyl/N-ethyl adjacent to an activating group) is 1. The van der Waals surface area contributed by atoms with Gasteiger partial charge in [-0.1, -0.05) is 60.7 Å². The van der Waals surface area contributed by atoms with Gasteiger partial charge < -0.3 is 10.2 Å². The van der Waals surface area contributed by atoms with Crippen LogP contribution in [0.5, 0.6) is 0 Å². The minimum absolute atomic E-state index is 0.0164. The topological polar surface area (TPSA) is 69.7 Å². The van der Waals surface area contributed by atoms with Crippen LogP contribution in [0.25, 0.3) is 10.8 Å². The third kappa shape index (κ3) is 5.66. The number of nitrogens with zero attached hydrogens (tertiary/aromatic N) is 2. The maximum atomic E-state index is 13.2. The van der Waals surface area contributed by atoms with Crippen LogP contribution in [0.2, 0.25) is 0 Å². The van der Waals surface area contributed by atoms with Gasteiger partial charge in [-0.3, -0.25) is 4.79 Å². The van der Waals surface area contributed by atoms with E-state index >= 15 is 0 Å². The van der Waals surface area contributed by atoms with Crippen molar-refractivity contribution in [2.75, 3.05) is 33.7 Å². The molecular weight excluding hydrogens is 446 g/mol. The summed E-state index contributed by atoms with van der Waals surface area (Å²) in [6.45, 7) is 1.28. The summed E-state index contributed by atoms with van der Waals surface area (Å²) < 4.78 is 27.9. The lowest BCUT2D eigenvalue weighted by Crippen LogP contribution is -2.46. The molecule has 6 nitrogen and oxygen atoms in total. The minimum Gasteiger partial charge on any atom is -0.354 e. The fourth-order valence-corrected chi connectivity index (χ4v) is 6.03. The van der Waals surface area contributed by atoms with Crippen molar-refractivity contribution in [1.82, 2.24) is 14.5 Å². The number of amides is 1. The molecule has 1 unspecified atom stereocenters. The zero-order chi connectivity index (χ0) is 24.1. The number of hydrogen-bond donors (Lipinski definition) is 1. The van der Waals surface area contributed by atoms with Gasteiger partial charge in [0.15, 0.2) is 0 Å². The van der Waals surface area contributed by atoms with Crippen molar-refractivity contribution < 1.29 is 13.2 Å². The third-order valence-electron chi connectivity index (χ3n) is 6.74. The van der Waals surface area contributed by atoms with Gasteiger partial charge in [0, 0.05) is 31.6 Å². The minimum atomic E-state index is -3.58. The molecule has 0 aliphatic carbocycles. The Bertz CT molecular complexity index is 1220. The van der Waals surface area contributed by atoms with E-state index in [-0.39, 0.29) is 17.9 Å². The first-order valence-electron chi connectivity index (χ1n) is 11.8. The van der Waals surface area contributed by atoms with Gasteiger partial charge in [0.1, 0.15) is 0 Å². The molecule has 0 spiro atoms. The molecule has 3 aromatic carbocycles. The molecule has 1 N–H and O–H groups in total. The third-order valence-corrected chi connectivity index (χ3v) is 8.63. The van der Waals surface area contributed by atoms with Crippen molar-refractivity contribution in [2.24, 2.45) is 5.92 Å². The smallest absolute Gasteiger partial charge is 0.243 e. The van der Waals surface area contributed by atoms with E-state index in [4.69, 9.17) is 0 Å². The zero-order valence-corrected chi connectivity index (χ0v) is 20.7. The Balaban J connectivity index is 1.32. The lowest BCUT2D eigenvalue weighted by atomic mass is 9.97. The normalized spacial score (nSPS) is 16.6. The second kappa shape index (κ2) is 10.7. The molecule has 1 saturated heterocycles. The van der Waals surface area contributed by atoms with Gasteiger partial charge in [0.05, 0.1) is 4.90 Å². The summed E-state index contributed by atoms with van der Waals surface area (Å²) in [5.74, 6) is -0.148. The molecule has 0 aromatic heterocycles. The fourth-order valence-electron chi connectivity index (χ4n) is 4.52. The highest BCUT2D eigenvalue weighted by Crippen LogP contribution is 2.26. The summed E-state index contributed by atoms with van der Waals surface area (Å²) >= 11 is 0. The Hall–Kier alpha value is -2.74. The maximum Gasteiger partial charge on any atom is 0.243 e. The summed E-state index contributed by atoms with van der Waals surface area (Å²) in [5.41, 5.74) is 1.24. The highest BCUT2D eigenvalue weighted by Gasteiger charge is 2.32. The van der Waals surface area contributed by atoms with Gasteiger partial charge in [0.25, 0.3) is 0 Å². The predicted molar refractivity (Wildman–Crippen MR) is 136 cm³/mol. The van der Waals surface area contributed by atoms with Crippen LogP contribution in [0.4, 0.5) is 0 Å². The van der Waals surface area contributed by atoms with Crippen LogP contribution < -0.4 is 5.32 Å². The fraction of sp³-hybridized carbons (Fsp3) is 0.370. The quantitative estimate of drug-likeness (QED) is 0.537.